The Bertz CT molecular complexity index is 2420. The van der Waals surface area contributed by atoms with Crippen LogP contribution < -0.4 is 4.74 Å². The molecule has 0 bridgehead atoms. The standard InChI is InChI=1S/C42H30O9/c43-27-8-1-22(2-9-27)3-14-34-39-35(50-41(23-4-10-28(44)11-5-23)37(39)25-15-30(46)19-31(47)16-25)21-36-40(34)38(26-17-32(48)20-33(49)18-26)42(51-36)24-6-12-29(45)13-7-24/h1-21,37,41,43-49H/t37-,41-/m1/s1. The van der Waals surface area contributed by atoms with Gasteiger partial charge in [-0.05, 0) is 101 Å². The van der Waals surface area contributed by atoms with E-state index < -0.39 is 12.0 Å². The lowest BCUT2D eigenvalue weighted by molar-refractivity contribution is 0.222. The molecule has 252 valence electrons. The van der Waals surface area contributed by atoms with Gasteiger partial charge in [0.15, 0.2) is 0 Å². The van der Waals surface area contributed by atoms with Crippen LogP contribution in [-0.2, 0) is 0 Å². The van der Waals surface area contributed by atoms with Crippen molar-refractivity contribution in [2.75, 3.05) is 0 Å². The van der Waals surface area contributed by atoms with Crippen LogP contribution in [0.2, 0.25) is 0 Å². The Morgan fingerprint density at radius 3 is 1.65 bits per heavy atom. The summed E-state index contributed by atoms with van der Waals surface area (Å²) in [5.41, 5.74) is 5.44. The predicted molar refractivity (Wildman–Crippen MR) is 192 cm³/mol. The molecule has 1 aromatic heterocycles. The highest BCUT2D eigenvalue weighted by Gasteiger charge is 2.41. The molecule has 2 heterocycles. The van der Waals surface area contributed by atoms with Gasteiger partial charge in [0.25, 0.3) is 0 Å². The molecule has 0 unspecified atom stereocenters. The Hall–Kier alpha value is -7.00. The van der Waals surface area contributed by atoms with Crippen molar-refractivity contribution >= 4 is 23.1 Å². The van der Waals surface area contributed by atoms with Crippen LogP contribution >= 0.6 is 0 Å². The fraction of sp³-hybridized carbons (Fsp3) is 0.0476. The van der Waals surface area contributed by atoms with Crippen molar-refractivity contribution in [2.24, 2.45) is 0 Å². The number of furan rings is 1. The molecular weight excluding hydrogens is 648 g/mol. The summed E-state index contributed by atoms with van der Waals surface area (Å²) in [6.07, 6.45) is 3.10. The Morgan fingerprint density at radius 1 is 0.490 bits per heavy atom. The highest BCUT2D eigenvalue weighted by Crippen LogP contribution is 2.56. The first-order valence-electron chi connectivity index (χ1n) is 16.0. The predicted octanol–water partition coefficient (Wildman–Crippen LogP) is 9.14. The van der Waals surface area contributed by atoms with E-state index in [4.69, 9.17) is 9.15 Å². The summed E-state index contributed by atoms with van der Waals surface area (Å²) >= 11 is 0. The summed E-state index contributed by atoms with van der Waals surface area (Å²) < 4.78 is 13.3. The third-order valence-electron chi connectivity index (χ3n) is 9.05. The number of hydrogen-bond acceptors (Lipinski definition) is 9. The van der Waals surface area contributed by atoms with Gasteiger partial charge in [0.1, 0.15) is 63.4 Å². The molecular formula is C42H30O9. The maximum Gasteiger partial charge on any atom is 0.143 e. The van der Waals surface area contributed by atoms with E-state index in [0.717, 1.165) is 11.1 Å². The lowest BCUT2D eigenvalue weighted by Crippen LogP contribution is -2.12. The first kappa shape index (κ1) is 31.3. The Kier molecular flexibility index (Phi) is 7.45. The van der Waals surface area contributed by atoms with Crippen molar-refractivity contribution in [1.82, 2.24) is 0 Å². The summed E-state index contributed by atoms with van der Waals surface area (Å²) in [6.45, 7) is 0. The zero-order valence-electron chi connectivity index (χ0n) is 26.7. The maximum absolute atomic E-state index is 10.7. The van der Waals surface area contributed by atoms with Crippen LogP contribution in [0.5, 0.6) is 46.0 Å². The summed E-state index contributed by atoms with van der Waals surface area (Å²) in [6, 6.07) is 30.2. The van der Waals surface area contributed by atoms with Gasteiger partial charge in [-0.3, -0.25) is 0 Å². The molecule has 0 fully saturated rings. The second kappa shape index (κ2) is 12.2. The normalized spacial score (nSPS) is 15.3. The molecule has 9 heteroatoms. The molecule has 0 amide bonds. The molecule has 0 aliphatic carbocycles. The summed E-state index contributed by atoms with van der Waals surface area (Å²) in [5, 5.41) is 73.3. The van der Waals surface area contributed by atoms with Crippen molar-refractivity contribution in [3.05, 3.63) is 143 Å². The van der Waals surface area contributed by atoms with E-state index in [9.17, 15) is 35.7 Å². The lowest BCUT2D eigenvalue weighted by atomic mass is 9.81. The van der Waals surface area contributed by atoms with Crippen LogP contribution in [-0.4, -0.2) is 35.7 Å². The smallest absolute Gasteiger partial charge is 0.143 e. The van der Waals surface area contributed by atoms with Crippen molar-refractivity contribution in [3.63, 3.8) is 0 Å². The SMILES string of the molecule is Oc1ccc(C=Cc2c3c(cc4oc(-c5ccc(O)cc5)c(-c5cc(O)cc(O)c5)c24)O[C@H](c2ccc(O)cc2)[C@@H]3c2cc(O)cc(O)c2)cc1. The Morgan fingerprint density at radius 2 is 1.04 bits per heavy atom. The lowest BCUT2D eigenvalue weighted by Gasteiger charge is -2.21. The van der Waals surface area contributed by atoms with Gasteiger partial charge < -0.3 is 44.9 Å². The minimum atomic E-state index is -0.668. The number of phenols is 7. The van der Waals surface area contributed by atoms with Crippen LogP contribution in [0.3, 0.4) is 0 Å². The van der Waals surface area contributed by atoms with Gasteiger partial charge in [0.05, 0.1) is 5.92 Å². The number of benzene rings is 6. The van der Waals surface area contributed by atoms with Crippen LogP contribution in [0.25, 0.3) is 45.6 Å². The molecule has 1 aliphatic rings. The van der Waals surface area contributed by atoms with Crippen LogP contribution in [0.4, 0.5) is 0 Å². The molecule has 7 N–H and O–H groups in total. The molecule has 0 spiro atoms. The number of phenolic OH excluding ortho intramolecular Hbond substituents is 7. The highest BCUT2D eigenvalue weighted by atomic mass is 16.5. The second-order valence-electron chi connectivity index (χ2n) is 12.5. The molecule has 2 atom stereocenters. The van der Waals surface area contributed by atoms with Gasteiger partial charge >= 0.3 is 0 Å². The second-order valence-corrected chi connectivity index (χ2v) is 12.5. The fourth-order valence-electron chi connectivity index (χ4n) is 6.89. The number of fused-ring (bicyclic) bond motifs is 2. The van der Waals surface area contributed by atoms with Gasteiger partial charge in [0, 0.05) is 40.3 Å². The topological polar surface area (TPSA) is 164 Å². The van der Waals surface area contributed by atoms with E-state index in [1.54, 1.807) is 78.9 Å². The van der Waals surface area contributed by atoms with Gasteiger partial charge in [-0.25, -0.2) is 0 Å². The van der Waals surface area contributed by atoms with Gasteiger partial charge in [-0.2, -0.15) is 0 Å². The minimum Gasteiger partial charge on any atom is -0.508 e. The third kappa shape index (κ3) is 5.76. The molecule has 51 heavy (non-hydrogen) atoms. The molecule has 0 saturated heterocycles. The van der Waals surface area contributed by atoms with Gasteiger partial charge in [-0.1, -0.05) is 36.4 Å². The average Bonchev–Trinajstić information content (AvgIpc) is 3.66. The first-order chi connectivity index (χ1) is 24.6. The van der Waals surface area contributed by atoms with Gasteiger partial charge in [0.2, 0.25) is 0 Å². The first-order valence-corrected chi connectivity index (χ1v) is 16.0. The van der Waals surface area contributed by atoms with E-state index in [2.05, 4.69) is 0 Å². The van der Waals surface area contributed by atoms with Crippen molar-refractivity contribution in [2.45, 2.75) is 12.0 Å². The molecule has 0 saturated carbocycles. The largest absolute Gasteiger partial charge is 0.508 e. The van der Waals surface area contributed by atoms with Crippen molar-refractivity contribution in [3.8, 4) is 68.4 Å². The Balaban J connectivity index is 1.49. The molecule has 6 aromatic carbocycles. The minimum absolute atomic E-state index is 0.0637. The van der Waals surface area contributed by atoms with E-state index >= 15 is 0 Å². The number of rotatable bonds is 6. The Labute approximate surface area is 291 Å². The maximum atomic E-state index is 10.7. The van der Waals surface area contributed by atoms with Crippen LogP contribution in [0.1, 0.15) is 39.8 Å². The molecule has 1 aliphatic heterocycles. The average molecular weight is 679 g/mol. The van der Waals surface area contributed by atoms with Crippen LogP contribution in [0.15, 0.2) is 120 Å². The highest BCUT2D eigenvalue weighted by molar-refractivity contribution is 6.08. The fourth-order valence-corrected chi connectivity index (χ4v) is 6.89. The number of aromatic hydroxyl groups is 7. The van der Waals surface area contributed by atoms with E-state index in [-0.39, 0.29) is 40.2 Å². The van der Waals surface area contributed by atoms with Gasteiger partial charge in [-0.15, -0.1) is 0 Å². The zero-order valence-corrected chi connectivity index (χ0v) is 26.7. The monoisotopic (exact) mass is 678 g/mol. The van der Waals surface area contributed by atoms with E-state index in [1.807, 2.05) is 12.2 Å². The summed E-state index contributed by atoms with van der Waals surface area (Å²) in [4.78, 5) is 0. The van der Waals surface area contributed by atoms with E-state index in [1.165, 1.54) is 36.4 Å². The quantitative estimate of drug-likeness (QED) is 0.0850. The molecule has 7 aromatic rings. The molecule has 0 radical (unpaired) electrons. The molecule has 9 nitrogen and oxygen atoms in total. The molecule has 8 rings (SSSR count). The van der Waals surface area contributed by atoms with Crippen molar-refractivity contribution in [1.29, 1.82) is 0 Å². The number of ether oxygens (including phenoxy) is 1. The summed E-state index contributed by atoms with van der Waals surface area (Å²) in [7, 11) is 0. The zero-order chi connectivity index (χ0) is 35.4. The number of hydrogen-bond donors (Lipinski definition) is 7. The van der Waals surface area contributed by atoms with E-state index in [0.29, 0.717) is 55.9 Å². The van der Waals surface area contributed by atoms with Crippen molar-refractivity contribution < 1.29 is 44.9 Å². The summed E-state index contributed by atoms with van der Waals surface area (Å²) in [5.74, 6) is -0.0882. The third-order valence-corrected chi connectivity index (χ3v) is 9.05. The van der Waals surface area contributed by atoms with Crippen LogP contribution in [0, 0.1) is 0 Å².